The van der Waals surface area contributed by atoms with E-state index in [2.05, 4.69) is 16.9 Å². The fourth-order valence-corrected chi connectivity index (χ4v) is 1.35. The Kier molecular flexibility index (Phi) is 4.79. The molecule has 1 aromatic heterocycles. The highest BCUT2D eigenvalue weighted by atomic mass is 32.2. The number of carboxylic acid groups (broad SMARTS) is 1. The number of hydrogen-bond donors (Lipinski definition) is 1. The summed E-state index contributed by atoms with van der Waals surface area (Å²) in [5.74, 6) is 5.10. The smallest absolute Gasteiger partial charge is 0.328 e. The standard InChI is InChI=1S/C11H12N2O3S/c1-8(11(15)16)13-7-10(6-12-13)4-3-5-17-9(2)14/h6-8H,5H2,1-2H3,(H,15,16)/t8-/m0/s1. The Morgan fingerprint density at radius 2 is 2.35 bits per heavy atom. The first-order chi connectivity index (χ1) is 8.00. The number of carboxylic acids is 1. The van der Waals surface area contributed by atoms with E-state index in [1.807, 2.05) is 0 Å². The Morgan fingerprint density at radius 3 is 2.94 bits per heavy atom. The van der Waals surface area contributed by atoms with Gasteiger partial charge in [-0.1, -0.05) is 23.6 Å². The lowest BCUT2D eigenvalue weighted by molar-refractivity contribution is -0.140. The van der Waals surface area contributed by atoms with Crippen molar-refractivity contribution in [2.45, 2.75) is 19.9 Å². The summed E-state index contributed by atoms with van der Waals surface area (Å²) in [5.41, 5.74) is 0.641. The summed E-state index contributed by atoms with van der Waals surface area (Å²) in [6.45, 7) is 3.02. The zero-order valence-electron chi connectivity index (χ0n) is 9.51. The number of aromatic nitrogens is 2. The van der Waals surface area contributed by atoms with E-state index in [1.54, 1.807) is 6.20 Å². The summed E-state index contributed by atoms with van der Waals surface area (Å²) < 4.78 is 1.34. The van der Waals surface area contributed by atoms with E-state index in [0.717, 1.165) is 11.8 Å². The van der Waals surface area contributed by atoms with E-state index in [0.29, 0.717) is 11.3 Å². The highest BCUT2D eigenvalue weighted by Crippen LogP contribution is 2.06. The molecule has 90 valence electrons. The van der Waals surface area contributed by atoms with Crippen molar-refractivity contribution >= 4 is 22.8 Å². The Bertz CT molecular complexity index is 484. The molecule has 1 heterocycles. The monoisotopic (exact) mass is 252 g/mol. The minimum Gasteiger partial charge on any atom is -0.480 e. The molecule has 1 N–H and O–H groups in total. The predicted molar refractivity (Wildman–Crippen MR) is 64.6 cm³/mol. The molecule has 1 atom stereocenters. The normalized spacial score (nSPS) is 11.4. The third kappa shape index (κ3) is 4.33. The number of aliphatic carboxylic acids is 1. The summed E-state index contributed by atoms with van der Waals surface area (Å²) in [6.07, 6.45) is 3.08. The van der Waals surface area contributed by atoms with E-state index >= 15 is 0 Å². The molecule has 17 heavy (non-hydrogen) atoms. The molecular weight excluding hydrogens is 240 g/mol. The van der Waals surface area contributed by atoms with Gasteiger partial charge in [0.15, 0.2) is 5.12 Å². The highest BCUT2D eigenvalue weighted by molar-refractivity contribution is 8.13. The van der Waals surface area contributed by atoms with Crippen LogP contribution < -0.4 is 0 Å². The van der Waals surface area contributed by atoms with Crippen LogP contribution in [0.3, 0.4) is 0 Å². The van der Waals surface area contributed by atoms with E-state index in [1.165, 1.54) is 24.7 Å². The van der Waals surface area contributed by atoms with Crippen molar-refractivity contribution < 1.29 is 14.7 Å². The van der Waals surface area contributed by atoms with Gasteiger partial charge in [0.05, 0.1) is 17.5 Å². The van der Waals surface area contributed by atoms with Gasteiger partial charge in [0.25, 0.3) is 0 Å². The molecule has 6 heteroatoms. The molecular formula is C11H12N2O3S. The van der Waals surface area contributed by atoms with Crippen LogP contribution in [0.15, 0.2) is 12.4 Å². The Balaban J connectivity index is 2.62. The van der Waals surface area contributed by atoms with E-state index in [-0.39, 0.29) is 5.12 Å². The lowest BCUT2D eigenvalue weighted by Crippen LogP contribution is -2.15. The largest absolute Gasteiger partial charge is 0.480 e. The number of carbonyl (C=O) groups excluding carboxylic acids is 1. The van der Waals surface area contributed by atoms with E-state index in [4.69, 9.17) is 5.11 Å². The van der Waals surface area contributed by atoms with Crippen molar-refractivity contribution in [1.82, 2.24) is 9.78 Å². The predicted octanol–water partition coefficient (Wildman–Crippen LogP) is 1.16. The summed E-state index contributed by atoms with van der Waals surface area (Å²) in [5, 5.41) is 12.7. The molecule has 0 radical (unpaired) electrons. The molecule has 5 nitrogen and oxygen atoms in total. The number of nitrogens with zero attached hydrogens (tertiary/aromatic N) is 2. The summed E-state index contributed by atoms with van der Waals surface area (Å²) in [6, 6.07) is -0.711. The minimum absolute atomic E-state index is 0.0227. The van der Waals surface area contributed by atoms with Crippen LogP contribution in [0.5, 0.6) is 0 Å². The van der Waals surface area contributed by atoms with Gasteiger partial charge in [-0.05, 0) is 6.92 Å². The Morgan fingerprint density at radius 1 is 1.65 bits per heavy atom. The van der Waals surface area contributed by atoms with Gasteiger partial charge in [-0.25, -0.2) is 4.79 Å². The summed E-state index contributed by atoms with van der Waals surface area (Å²) in [4.78, 5) is 21.3. The Labute approximate surface area is 103 Å². The molecule has 0 saturated carbocycles. The lowest BCUT2D eigenvalue weighted by Gasteiger charge is -2.04. The SMILES string of the molecule is CC(=O)SCC#Cc1cnn([C@@H](C)C(=O)O)c1. The average Bonchev–Trinajstić information content (AvgIpc) is 2.71. The molecule has 0 saturated heterocycles. The van der Waals surface area contributed by atoms with Crippen LogP contribution in [0.2, 0.25) is 0 Å². The van der Waals surface area contributed by atoms with Gasteiger partial charge in [0, 0.05) is 13.1 Å². The van der Waals surface area contributed by atoms with Crippen LogP contribution in [-0.4, -0.2) is 31.7 Å². The van der Waals surface area contributed by atoms with Crippen molar-refractivity contribution in [2.75, 3.05) is 5.75 Å². The molecule has 0 aromatic carbocycles. The van der Waals surface area contributed by atoms with Crippen LogP contribution in [0.25, 0.3) is 0 Å². The molecule has 0 aliphatic rings. The fourth-order valence-electron chi connectivity index (χ4n) is 1.00. The van der Waals surface area contributed by atoms with E-state index in [9.17, 15) is 9.59 Å². The molecule has 0 fully saturated rings. The second kappa shape index (κ2) is 6.11. The second-order valence-corrected chi connectivity index (χ2v) is 4.46. The molecule has 0 bridgehead atoms. The maximum Gasteiger partial charge on any atom is 0.328 e. The molecule has 0 unspecified atom stereocenters. The number of thioether (sulfide) groups is 1. The van der Waals surface area contributed by atoms with Gasteiger partial charge < -0.3 is 5.11 Å². The van der Waals surface area contributed by atoms with Crippen molar-refractivity contribution in [1.29, 1.82) is 0 Å². The van der Waals surface area contributed by atoms with Crippen LogP contribution >= 0.6 is 11.8 Å². The fraction of sp³-hybridized carbons (Fsp3) is 0.364. The van der Waals surface area contributed by atoms with Gasteiger partial charge in [0.2, 0.25) is 0 Å². The van der Waals surface area contributed by atoms with Crippen LogP contribution in [0.1, 0.15) is 25.5 Å². The third-order valence-electron chi connectivity index (χ3n) is 1.94. The maximum atomic E-state index is 10.7. The number of carbonyl (C=O) groups is 2. The third-order valence-corrected chi connectivity index (χ3v) is 2.63. The van der Waals surface area contributed by atoms with Crippen molar-refractivity contribution in [3.63, 3.8) is 0 Å². The summed E-state index contributed by atoms with van der Waals surface area (Å²) >= 11 is 1.13. The van der Waals surface area contributed by atoms with Gasteiger partial charge in [-0.15, -0.1) is 0 Å². The zero-order chi connectivity index (χ0) is 12.8. The van der Waals surface area contributed by atoms with Crippen molar-refractivity contribution in [3.8, 4) is 11.8 Å². The number of rotatable bonds is 3. The second-order valence-electron chi connectivity index (χ2n) is 3.31. The summed E-state index contributed by atoms with van der Waals surface area (Å²) in [7, 11) is 0. The quantitative estimate of drug-likeness (QED) is 0.817. The van der Waals surface area contributed by atoms with Crippen LogP contribution in [0.4, 0.5) is 0 Å². The minimum atomic E-state index is -0.945. The molecule has 1 aromatic rings. The van der Waals surface area contributed by atoms with Crippen LogP contribution in [0, 0.1) is 11.8 Å². The van der Waals surface area contributed by atoms with Gasteiger partial charge >= 0.3 is 5.97 Å². The van der Waals surface area contributed by atoms with Crippen molar-refractivity contribution in [3.05, 3.63) is 18.0 Å². The topological polar surface area (TPSA) is 72.2 Å². The first-order valence-corrected chi connectivity index (χ1v) is 5.88. The first kappa shape index (κ1) is 13.3. The van der Waals surface area contributed by atoms with Gasteiger partial charge in [0.1, 0.15) is 6.04 Å². The lowest BCUT2D eigenvalue weighted by atomic mass is 10.3. The van der Waals surface area contributed by atoms with E-state index < -0.39 is 12.0 Å². The first-order valence-electron chi connectivity index (χ1n) is 4.90. The molecule has 0 aliphatic carbocycles. The highest BCUT2D eigenvalue weighted by Gasteiger charge is 2.13. The van der Waals surface area contributed by atoms with Gasteiger partial charge in [-0.3, -0.25) is 9.48 Å². The molecule has 0 aliphatic heterocycles. The Hall–Kier alpha value is -1.74. The van der Waals surface area contributed by atoms with Crippen LogP contribution in [-0.2, 0) is 9.59 Å². The van der Waals surface area contributed by atoms with Crippen molar-refractivity contribution in [2.24, 2.45) is 0 Å². The average molecular weight is 252 g/mol. The maximum absolute atomic E-state index is 10.7. The molecule has 0 spiro atoms. The molecule has 0 amide bonds. The number of hydrogen-bond acceptors (Lipinski definition) is 4. The zero-order valence-corrected chi connectivity index (χ0v) is 10.3. The van der Waals surface area contributed by atoms with Gasteiger partial charge in [-0.2, -0.15) is 5.10 Å². The molecule has 1 rings (SSSR count).